The van der Waals surface area contributed by atoms with Gasteiger partial charge in [0.05, 0.1) is 42.3 Å². The van der Waals surface area contributed by atoms with E-state index in [1.54, 1.807) is 24.3 Å². The Labute approximate surface area is 322 Å². The predicted molar refractivity (Wildman–Crippen MR) is 217 cm³/mol. The maximum Gasteiger partial charge on any atom is 0.188 e. The lowest BCUT2D eigenvalue weighted by Gasteiger charge is -2.40. The summed E-state index contributed by atoms with van der Waals surface area (Å²) in [5, 5.41) is 9.70. The van der Waals surface area contributed by atoms with Gasteiger partial charge in [0.2, 0.25) is 0 Å². The Kier molecular flexibility index (Phi) is 10.8. The molecule has 274 valence electrons. The fourth-order valence-electron chi connectivity index (χ4n) is 7.42. The second-order valence-electron chi connectivity index (χ2n) is 13.6. The van der Waals surface area contributed by atoms with Crippen LogP contribution in [0.25, 0.3) is 11.3 Å². The molecule has 0 radical (unpaired) electrons. The molecule has 0 saturated heterocycles. The minimum atomic E-state index is -0.906. The van der Waals surface area contributed by atoms with E-state index in [2.05, 4.69) is 102 Å². The van der Waals surface area contributed by atoms with Crippen LogP contribution in [0.4, 0.5) is 15.8 Å². The summed E-state index contributed by atoms with van der Waals surface area (Å²) in [5.74, 6) is 0.723. The molecule has 1 heterocycles. The minimum Gasteiger partial charge on any atom is -0.494 e. The molecule has 0 aliphatic rings. The summed E-state index contributed by atoms with van der Waals surface area (Å²) >= 11 is 0. The molecular weight excluding hydrogens is 684 g/mol. The molecule has 7 rings (SSSR count). The van der Waals surface area contributed by atoms with E-state index in [0.717, 1.165) is 33.6 Å². The molecule has 7 aromatic rings. The van der Waals surface area contributed by atoms with Gasteiger partial charge in [0.1, 0.15) is 17.1 Å². The number of nitrogens with zero attached hydrogens (tertiary/aromatic N) is 4. The number of imidazole rings is 1. The zero-order valence-electron chi connectivity index (χ0n) is 31.5. The Morgan fingerprint density at radius 3 is 1.78 bits per heavy atom. The van der Waals surface area contributed by atoms with Gasteiger partial charge in [-0.3, -0.25) is 0 Å². The van der Waals surface area contributed by atoms with E-state index < -0.39 is 11.4 Å². The van der Waals surface area contributed by atoms with Crippen molar-refractivity contribution in [2.75, 3.05) is 11.5 Å². The highest BCUT2D eigenvalue weighted by molar-refractivity contribution is 5.69. The SMILES string of the molecule is CCOc1cc(OC(C)C)c(F)c(N(Cc2nc(-c3ccccc3)c(C)n2C(c2ccccc2)(c2ccccc2)c2ccccc2)c2ccc(C#N)cc2)c1. The van der Waals surface area contributed by atoms with Crippen LogP contribution >= 0.6 is 0 Å². The highest BCUT2D eigenvalue weighted by Crippen LogP contribution is 2.46. The van der Waals surface area contributed by atoms with Gasteiger partial charge in [-0.2, -0.15) is 5.26 Å². The summed E-state index contributed by atoms with van der Waals surface area (Å²) in [6.45, 7) is 8.27. The van der Waals surface area contributed by atoms with Crippen molar-refractivity contribution in [1.29, 1.82) is 5.26 Å². The van der Waals surface area contributed by atoms with Crippen molar-refractivity contribution in [3.05, 3.63) is 197 Å². The molecule has 55 heavy (non-hydrogen) atoms. The molecule has 0 N–H and O–H groups in total. The van der Waals surface area contributed by atoms with Crippen LogP contribution in [0.2, 0.25) is 0 Å². The Hall–Kier alpha value is -6.65. The molecule has 0 unspecified atom stereocenters. The second-order valence-corrected chi connectivity index (χ2v) is 13.6. The minimum absolute atomic E-state index is 0.0892. The van der Waals surface area contributed by atoms with Crippen LogP contribution in [-0.2, 0) is 12.1 Å². The Morgan fingerprint density at radius 2 is 1.29 bits per heavy atom. The lowest BCUT2D eigenvalue weighted by atomic mass is 9.76. The number of hydrogen-bond acceptors (Lipinski definition) is 5. The Balaban J connectivity index is 1.58. The summed E-state index contributed by atoms with van der Waals surface area (Å²) in [4.78, 5) is 7.38. The molecule has 0 atom stereocenters. The number of benzene rings is 6. The molecule has 0 fully saturated rings. The van der Waals surface area contributed by atoms with Crippen molar-refractivity contribution in [2.45, 2.75) is 45.9 Å². The molecule has 6 aromatic carbocycles. The van der Waals surface area contributed by atoms with Gasteiger partial charge in [-0.25, -0.2) is 9.37 Å². The van der Waals surface area contributed by atoms with Gasteiger partial charge in [0.25, 0.3) is 0 Å². The zero-order valence-corrected chi connectivity index (χ0v) is 31.5. The Morgan fingerprint density at radius 1 is 0.764 bits per heavy atom. The summed E-state index contributed by atoms with van der Waals surface area (Å²) in [6.07, 6.45) is -0.277. The smallest absolute Gasteiger partial charge is 0.188 e. The van der Waals surface area contributed by atoms with E-state index in [1.807, 2.05) is 74.2 Å². The van der Waals surface area contributed by atoms with E-state index in [4.69, 9.17) is 14.5 Å². The first-order valence-corrected chi connectivity index (χ1v) is 18.6. The monoisotopic (exact) mass is 726 g/mol. The zero-order chi connectivity index (χ0) is 38.4. The largest absolute Gasteiger partial charge is 0.494 e. The normalized spacial score (nSPS) is 11.3. The summed E-state index contributed by atoms with van der Waals surface area (Å²) in [7, 11) is 0. The average molecular weight is 727 g/mol. The number of aromatic nitrogens is 2. The summed E-state index contributed by atoms with van der Waals surface area (Å²) in [5.41, 5.74) is 6.34. The third-order valence-corrected chi connectivity index (χ3v) is 9.70. The van der Waals surface area contributed by atoms with Crippen molar-refractivity contribution in [1.82, 2.24) is 9.55 Å². The molecule has 1 aromatic heterocycles. The van der Waals surface area contributed by atoms with Crippen LogP contribution < -0.4 is 14.4 Å². The fraction of sp³-hybridized carbons (Fsp3) is 0.167. The van der Waals surface area contributed by atoms with Crippen LogP contribution in [0, 0.1) is 24.1 Å². The third kappa shape index (κ3) is 7.19. The van der Waals surface area contributed by atoms with Gasteiger partial charge in [0, 0.05) is 29.1 Å². The first kappa shape index (κ1) is 36.7. The van der Waals surface area contributed by atoms with Crippen LogP contribution in [0.1, 0.15) is 54.5 Å². The summed E-state index contributed by atoms with van der Waals surface area (Å²) < 4.78 is 31.4. The van der Waals surface area contributed by atoms with E-state index in [1.165, 1.54) is 0 Å². The Bertz CT molecular complexity index is 2290. The summed E-state index contributed by atoms with van der Waals surface area (Å²) in [6, 6.07) is 54.3. The van der Waals surface area contributed by atoms with Gasteiger partial charge < -0.3 is 18.9 Å². The molecule has 0 saturated carbocycles. The van der Waals surface area contributed by atoms with Crippen molar-refractivity contribution < 1.29 is 13.9 Å². The van der Waals surface area contributed by atoms with Gasteiger partial charge in [-0.05, 0) is 68.7 Å². The van der Waals surface area contributed by atoms with Crippen molar-refractivity contribution in [2.24, 2.45) is 0 Å². The fourth-order valence-corrected chi connectivity index (χ4v) is 7.42. The number of rotatable bonds is 13. The van der Waals surface area contributed by atoms with E-state index in [0.29, 0.717) is 29.4 Å². The number of halogens is 1. The van der Waals surface area contributed by atoms with E-state index >= 15 is 4.39 Å². The van der Waals surface area contributed by atoms with Crippen LogP contribution in [0.3, 0.4) is 0 Å². The van der Waals surface area contributed by atoms with Gasteiger partial charge in [0.15, 0.2) is 11.6 Å². The average Bonchev–Trinajstić information content (AvgIpc) is 3.55. The first-order valence-electron chi connectivity index (χ1n) is 18.6. The van der Waals surface area contributed by atoms with Crippen molar-refractivity contribution >= 4 is 11.4 Å². The van der Waals surface area contributed by atoms with Gasteiger partial charge in [-0.1, -0.05) is 121 Å². The standard InChI is InChI=1S/C48H43FN4O2/c1-5-54-42-30-43(46(49)44(31-42)55-34(2)3)52(41-28-26-36(32-50)27-29-41)33-45-51-47(37-18-10-6-11-19-37)35(4)53(45)48(38-20-12-7-13-21-38,39-22-14-8-15-23-39)40-24-16-9-17-25-40/h6-31,34H,5,33H2,1-4H3. The quantitative estimate of drug-likeness (QED) is 0.111. The first-order chi connectivity index (χ1) is 26.8. The molecule has 0 aliphatic carbocycles. The molecule has 0 aliphatic heterocycles. The molecule has 0 bridgehead atoms. The lowest BCUT2D eigenvalue weighted by molar-refractivity contribution is 0.229. The van der Waals surface area contributed by atoms with Gasteiger partial charge >= 0.3 is 0 Å². The van der Waals surface area contributed by atoms with Crippen LogP contribution in [0.15, 0.2) is 158 Å². The number of ether oxygens (including phenoxy) is 2. The number of hydrogen-bond donors (Lipinski definition) is 0. The van der Waals surface area contributed by atoms with Gasteiger partial charge in [-0.15, -0.1) is 0 Å². The molecule has 6 nitrogen and oxygen atoms in total. The highest BCUT2D eigenvalue weighted by Gasteiger charge is 2.42. The lowest BCUT2D eigenvalue weighted by Crippen LogP contribution is -2.40. The second kappa shape index (κ2) is 16.2. The topological polar surface area (TPSA) is 63.3 Å². The predicted octanol–water partition coefficient (Wildman–Crippen LogP) is 11.2. The molecular formula is C48H43FN4O2. The van der Waals surface area contributed by atoms with Crippen LogP contribution in [-0.4, -0.2) is 22.3 Å². The highest BCUT2D eigenvalue weighted by atomic mass is 19.1. The van der Waals surface area contributed by atoms with E-state index in [9.17, 15) is 5.26 Å². The van der Waals surface area contributed by atoms with Crippen molar-refractivity contribution in [3.8, 4) is 28.8 Å². The van der Waals surface area contributed by atoms with E-state index in [-0.39, 0.29) is 24.1 Å². The maximum absolute atomic E-state index is 17.0. The number of anilines is 2. The molecule has 0 spiro atoms. The maximum atomic E-state index is 17.0. The van der Waals surface area contributed by atoms with Crippen molar-refractivity contribution in [3.63, 3.8) is 0 Å². The number of nitriles is 1. The molecule has 0 amide bonds. The molecule has 7 heteroatoms. The van der Waals surface area contributed by atoms with Crippen LogP contribution in [0.5, 0.6) is 11.5 Å². The third-order valence-electron chi connectivity index (χ3n) is 9.70.